The zero-order valence-electron chi connectivity index (χ0n) is 18.8. The molecule has 1 N–H and O–H groups in total. The van der Waals surface area contributed by atoms with Crippen LogP contribution in [0.5, 0.6) is 5.75 Å². The van der Waals surface area contributed by atoms with E-state index in [9.17, 15) is 9.59 Å². The fraction of sp³-hybridized carbons (Fsp3) is 0.154. The third kappa shape index (κ3) is 5.71. The van der Waals surface area contributed by atoms with Crippen LogP contribution in [0.25, 0.3) is 5.69 Å². The molecule has 0 saturated heterocycles. The minimum absolute atomic E-state index is 0.0558. The van der Waals surface area contributed by atoms with Crippen molar-refractivity contribution in [2.24, 2.45) is 0 Å². The second-order valence-electron chi connectivity index (χ2n) is 7.56. The first-order valence-corrected chi connectivity index (χ1v) is 11.7. The van der Waals surface area contributed by atoms with Gasteiger partial charge in [0.2, 0.25) is 5.91 Å². The van der Waals surface area contributed by atoms with Gasteiger partial charge >= 0.3 is 0 Å². The molecule has 172 valence electrons. The monoisotopic (exact) mass is 472 g/mol. The molecule has 4 rings (SSSR count). The zero-order chi connectivity index (χ0) is 23.9. The number of amides is 1. The number of nitrogens with one attached hydrogen (secondary N) is 1. The first-order chi connectivity index (χ1) is 16.5. The van der Waals surface area contributed by atoms with Gasteiger partial charge in [0, 0.05) is 16.9 Å². The van der Waals surface area contributed by atoms with Gasteiger partial charge in [0.15, 0.2) is 16.8 Å². The Balaban J connectivity index is 1.52. The fourth-order valence-corrected chi connectivity index (χ4v) is 4.13. The van der Waals surface area contributed by atoms with E-state index < -0.39 is 5.25 Å². The van der Waals surface area contributed by atoms with Gasteiger partial charge in [0.25, 0.3) is 0 Å². The number of rotatable bonds is 9. The minimum atomic E-state index is -0.462. The number of thioether (sulfide) groups is 1. The summed E-state index contributed by atoms with van der Waals surface area (Å²) in [7, 11) is 0. The first kappa shape index (κ1) is 23.3. The summed E-state index contributed by atoms with van der Waals surface area (Å²) in [4.78, 5) is 24.5. The molecule has 0 saturated carbocycles. The number of anilines is 1. The Hall–Kier alpha value is -3.91. The van der Waals surface area contributed by atoms with Gasteiger partial charge in [-0.25, -0.2) is 0 Å². The van der Waals surface area contributed by atoms with Gasteiger partial charge in [0.05, 0.1) is 5.25 Å². The van der Waals surface area contributed by atoms with Gasteiger partial charge in [0.1, 0.15) is 12.4 Å². The van der Waals surface area contributed by atoms with E-state index in [1.54, 1.807) is 31.2 Å². The molecule has 0 spiro atoms. The molecule has 7 nitrogen and oxygen atoms in total. The van der Waals surface area contributed by atoms with Crippen LogP contribution in [-0.4, -0.2) is 31.7 Å². The number of ether oxygens (including phenoxy) is 1. The van der Waals surface area contributed by atoms with E-state index >= 15 is 0 Å². The van der Waals surface area contributed by atoms with Crippen LogP contribution in [0.4, 0.5) is 5.69 Å². The molecule has 0 unspecified atom stereocenters. The number of hydrogen-bond acceptors (Lipinski definition) is 6. The number of carbonyl (C=O) groups excluding carboxylic acids is 2. The lowest BCUT2D eigenvalue weighted by Gasteiger charge is -2.14. The topological polar surface area (TPSA) is 86.1 Å². The van der Waals surface area contributed by atoms with Gasteiger partial charge in [-0.15, -0.1) is 10.2 Å². The van der Waals surface area contributed by atoms with Gasteiger partial charge < -0.3 is 10.1 Å². The highest BCUT2D eigenvalue weighted by atomic mass is 32.2. The normalized spacial score (nSPS) is 11.6. The third-order valence-corrected chi connectivity index (χ3v) is 6.06. The quantitative estimate of drug-likeness (QED) is 0.267. The second kappa shape index (κ2) is 10.8. The van der Waals surface area contributed by atoms with E-state index in [2.05, 4.69) is 15.5 Å². The molecule has 0 fully saturated rings. The van der Waals surface area contributed by atoms with Crippen LogP contribution in [0, 0.1) is 0 Å². The number of aromatic nitrogens is 3. The lowest BCUT2D eigenvalue weighted by atomic mass is 10.1. The van der Waals surface area contributed by atoms with E-state index in [0.29, 0.717) is 22.2 Å². The minimum Gasteiger partial charge on any atom is -0.486 e. The van der Waals surface area contributed by atoms with Crippen LogP contribution in [0.2, 0.25) is 0 Å². The number of benzene rings is 3. The lowest BCUT2D eigenvalue weighted by Crippen LogP contribution is -2.23. The summed E-state index contributed by atoms with van der Waals surface area (Å²) >= 11 is 1.30. The first-order valence-electron chi connectivity index (χ1n) is 10.8. The maximum atomic E-state index is 12.9. The highest BCUT2D eigenvalue weighted by molar-refractivity contribution is 8.00. The Kier molecular flexibility index (Phi) is 7.39. The number of nitrogens with zero attached hydrogens (tertiary/aromatic N) is 3. The van der Waals surface area contributed by atoms with Crippen molar-refractivity contribution in [3.8, 4) is 11.4 Å². The standard InChI is InChI=1S/C26H24N4O3S/c1-18(31)20-10-9-11-21(16-20)27-25(32)19(2)34-26-29-28-24(17-33-23-14-7-4-8-15-23)30(26)22-12-5-3-6-13-22/h3-16,19H,17H2,1-2H3,(H,27,32)/t19-/m0/s1. The van der Waals surface area contributed by atoms with Crippen LogP contribution >= 0.6 is 11.8 Å². The molecule has 0 bridgehead atoms. The maximum absolute atomic E-state index is 12.9. The van der Waals surface area contributed by atoms with Crippen molar-refractivity contribution < 1.29 is 14.3 Å². The number of para-hydroxylation sites is 2. The SMILES string of the molecule is CC(=O)c1cccc(NC(=O)[C@H](C)Sc2nnc(COc3ccccc3)n2-c2ccccc2)c1. The van der Waals surface area contributed by atoms with Crippen molar-refractivity contribution in [3.63, 3.8) is 0 Å². The van der Waals surface area contributed by atoms with Crippen LogP contribution in [-0.2, 0) is 11.4 Å². The predicted octanol–water partition coefficient (Wildman–Crippen LogP) is 5.17. The Morgan fingerprint density at radius 3 is 2.38 bits per heavy atom. The Labute approximate surface area is 202 Å². The third-order valence-electron chi connectivity index (χ3n) is 5.01. The maximum Gasteiger partial charge on any atom is 0.237 e. The highest BCUT2D eigenvalue weighted by Crippen LogP contribution is 2.27. The molecule has 4 aromatic rings. The Morgan fingerprint density at radius 2 is 1.68 bits per heavy atom. The summed E-state index contributed by atoms with van der Waals surface area (Å²) in [6.45, 7) is 3.53. The summed E-state index contributed by atoms with van der Waals surface area (Å²) in [6, 6.07) is 26.1. The fourth-order valence-electron chi connectivity index (χ4n) is 3.24. The average Bonchev–Trinajstić information content (AvgIpc) is 3.26. The highest BCUT2D eigenvalue weighted by Gasteiger charge is 2.21. The predicted molar refractivity (Wildman–Crippen MR) is 133 cm³/mol. The number of hydrogen-bond donors (Lipinski definition) is 1. The van der Waals surface area contributed by atoms with Crippen molar-refractivity contribution in [1.82, 2.24) is 14.8 Å². The number of Topliss-reactive ketones (excluding diaryl/α,β-unsaturated/α-hetero) is 1. The molecule has 34 heavy (non-hydrogen) atoms. The Bertz CT molecular complexity index is 1280. The summed E-state index contributed by atoms with van der Waals surface area (Å²) in [5.74, 6) is 1.11. The molecule has 1 amide bonds. The summed E-state index contributed by atoms with van der Waals surface area (Å²) in [5.41, 5.74) is 2.00. The molecular weight excluding hydrogens is 448 g/mol. The van der Waals surface area contributed by atoms with E-state index in [0.717, 1.165) is 11.4 Å². The molecule has 1 atom stereocenters. The van der Waals surface area contributed by atoms with Gasteiger partial charge in [-0.3, -0.25) is 14.2 Å². The summed E-state index contributed by atoms with van der Waals surface area (Å²) < 4.78 is 7.79. The summed E-state index contributed by atoms with van der Waals surface area (Å²) in [6.07, 6.45) is 0. The van der Waals surface area contributed by atoms with E-state index in [-0.39, 0.29) is 18.3 Å². The van der Waals surface area contributed by atoms with Crippen molar-refractivity contribution in [1.29, 1.82) is 0 Å². The zero-order valence-corrected chi connectivity index (χ0v) is 19.7. The molecular formula is C26H24N4O3S. The molecule has 8 heteroatoms. The Morgan fingerprint density at radius 1 is 0.971 bits per heavy atom. The number of carbonyl (C=O) groups is 2. The van der Waals surface area contributed by atoms with Gasteiger partial charge in [-0.05, 0) is 50.2 Å². The van der Waals surface area contributed by atoms with Crippen molar-refractivity contribution in [2.45, 2.75) is 30.9 Å². The van der Waals surface area contributed by atoms with Crippen LogP contribution in [0.1, 0.15) is 30.0 Å². The van der Waals surface area contributed by atoms with E-state index in [4.69, 9.17) is 4.74 Å². The molecule has 3 aromatic carbocycles. The van der Waals surface area contributed by atoms with Crippen molar-refractivity contribution in [3.05, 3.63) is 96.3 Å². The summed E-state index contributed by atoms with van der Waals surface area (Å²) in [5, 5.41) is 11.7. The van der Waals surface area contributed by atoms with Gasteiger partial charge in [-0.2, -0.15) is 0 Å². The number of ketones is 1. The second-order valence-corrected chi connectivity index (χ2v) is 8.87. The van der Waals surface area contributed by atoms with Gasteiger partial charge in [-0.1, -0.05) is 60.3 Å². The van der Waals surface area contributed by atoms with E-state index in [1.165, 1.54) is 18.7 Å². The van der Waals surface area contributed by atoms with E-state index in [1.807, 2.05) is 65.2 Å². The molecule has 1 heterocycles. The van der Waals surface area contributed by atoms with Crippen molar-refractivity contribution in [2.75, 3.05) is 5.32 Å². The smallest absolute Gasteiger partial charge is 0.237 e. The van der Waals surface area contributed by atoms with Crippen molar-refractivity contribution >= 4 is 29.1 Å². The van der Waals surface area contributed by atoms with Crippen LogP contribution in [0.15, 0.2) is 90.1 Å². The molecule has 1 aromatic heterocycles. The average molecular weight is 473 g/mol. The molecule has 0 aliphatic carbocycles. The lowest BCUT2D eigenvalue weighted by molar-refractivity contribution is -0.115. The van der Waals surface area contributed by atoms with Crippen LogP contribution in [0.3, 0.4) is 0 Å². The van der Waals surface area contributed by atoms with Crippen LogP contribution < -0.4 is 10.1 Å². The molecule has 0 aliphatic heterocycles. The molecule has 0 aliphatic rings. The molecule has 0 radical (unpaired) electrons. The largest absolute Gasteiger partial charge is 0.486 e.